The molecule has 0 radical (unpaired) electrons. The highest BCUT2D eigenvalue weighted by Crippen LogP contribution is 2.28. The number of benzene rings is 2. The molecule has 0 aromatic heterocycles. The Morgan fingerprint density at radius 1 is 1.10 bits per heavy atom. The Morgan fingerprint density at radius 2 is 1.76 bits per heavy atom. The third kappa shape index (κ3) is 6.92. The summed E-state index contributed by atoms with van der Waals surface area (Å²) in [6.07, 6.45) is 0. The van der Waals surface area contributed by atoms with Crippen LogP contribution in [0.25, 0.3) is 0 Å². The Balaban J connectivity index is 2.02. The van der Waals surface area contributed by atoms with Gasteiger partial charge in [0.2, 0.25) is 5.91 Å². The summed E-state index contributed by atoms with van der Waals surface area (Å²) >= 11 is 1.42. The van der Waals surface area contributed by atoms with E-state index in [-0.39, 0.29) is 23.9 Å². The van der Waals surface area contributed by atoms with Gasteiger partial charge in [-0.3, -0.25) is 4.79 Å². The van der Waals surface area contributed by atoms with Gasteiger partial charge in [-0.05, 0) is 34.6 Å². The van der Waals surface area contributed by atoms with Crippen LogP contribution in [0.15, 0.2) is 53.4 Å². The van der Waals surface area contributed by atoms with Crippen molar-refractivity contribution in [3.8, 4) is 6.07 Å². The third-order valence-corrected chi connectivity index (χ3v) is 5.68. The Labute approximate surface area is 179 Å². The zero-order chi connectivity index (χ0) is 21.4. The molecule has 0 aliphatic rings. The SMILES string of the molecule is CC(C)[C@@H](NCC(=O)Nc1ccccc1SCC#N)c1ccc(C(C)(C)C)cc1. The molecule has 0 bridgehead atoms. The molecule has 5 heteroatoms. The summed E-state index contributed by atoms with van der Waals surface area (Å²) < 4.78 is 0. The summed E-state index contributed by atoms with van der Waals surface area (Å²) in [6.45, 7) is 11.1. The summed E-state index contributed by atoms with van der Waals surface area (Å²) in [5.41, 5.74) is 3.35. The number of carbonyl (C=O) groups is 1. The molecule has 0 aliphatic carbocycles. The van der Waals surface area contributed by atoms with Crippen LogP contribution in [0.3, 0.4) is 0 Å². The van der Waals surface area contributed by atoms with Crippen molar-refractivity contribution < 1.29 is 4.79 Å². The summed E-state index contributed by atoms with van der Waals surface area (Å²) in [5, 5.41) is 15.2. The van der Waals surface area contributed by atoms with Gasteiger partial charge in [0.25, 0.3) is 0 Å². The normalized spacial score (nSPS) is 12.4. The largest absolute Gasteiger partial charge is 0.324 e. The number of nitrogens with zero attached hydrogens (tertiary/aromatic N) is 1. The Kier molecular flexibility index (Phi) is 8.31. The smallest absolute Gasteiger partial charge is 0.238 e. The molecule has 2 aromatic rings. The second-order valence-electron chi connectivity index (χ2n) is 8.47. The fourth-order valence-corrected chi connectivity index (χ4v) is 3.80. The van der Waals surface area contributed by atoms with Crippen molar-refractivity contribution in [2.75, 3.05) is 17.6 Å². The molecule has 2 aromatic carbocycles. The highest BCUT2D eigenvalue weighted by atomic mass is 32.2. The zero-order valence-electron chi connectivity index (χ0n) is 18.0. The first-order valence-corrected chi connectivity index (χ1v) is 10.9. The molecule has 1 amide bonds. The lowest BCUT2D eigenvalue weighted by atomic mass is 9.85. The van der Waals surface area contributed by atoms with Crippen molar-refractivity contribution in [3.05, 3.63) is 59.7 Å². The first kappa shape index (κ1) is 23.0. The van der Waals surface area contributed by atoms with Crippen molar-refractivity contribution in [2.45, 2.75) is 51.0 Å². The molecule has 29 heavy (non-hydrogen) atoms. The molecule has 0 aliphatic heterocycles. The van der Waals surface area contributed by atoms with Crippen molar-refractivity contribution in [3.63, 3.8) is 0 Å². The van der Waals surface area contributed by atoms with E-state index in [1.807, 2.05) is 24.3 Å². The van der Waals surface area contributed by atoms with Gasteiger partial charge in [0.05, 0.1) is 24.1 Å². The van der Waals surface area contributed by atoms with Gasteiger partial charge in [-0.25, -0.2) is 0 Å². The number of hydrogen-bond donors (Lipinski definition) is 2. The number of hydrogen-bond acceptors (Lipinski definition) is 4. The predicted molar refractivity (Wildman–Crippen MR) is 122 cm³/mol. The molecule has 0 saturated carbocycles. The molecule has 0 spiro atoms. The van der Waals surface area contributed by atoms with Crippen LogP contribution in [-0.2, 0) is 10.2 Å². The minimum absolute atomic E-state index is 0.0908. The Morgan fingerprint density at radius 3 is 2.34 bits per heavy atom. The molecule has 2 N–H and O–H groups in total. The molecule has 1 atom stereocenters. The lowest BCUT2D eigenvalue weighted by Crippen LogP contribution is -2.33. The fraction of sp³-hybridized carbons (Fsp3) is 0.417. The molecule has 0 saturated heterocycles. The van der Waals surface area contributed by atoms with Crippen molar-refractivity contribution in [2.24, 2.45) is 5.92 Å². The summed E-state index contributed by atoms with van der Waals surface area (Å²) in [5.74, 6) is 0.610. The van der Waals surface area contributed by atoms with Crippen LogP contribution in [0.5, 0.6) is 0 Å². The predicted octanol–water partition coefficient (Wildman–Crippen LogP) is 5.53. The standard InChI is InChI=1S/C24H31N3OS/c1-17(2)23(18-10-12-19(13-11-18)24(3,4)5)26-16-22(28)27-20-8-6-7-9-21(20)29-15-14-25/h6-13,17,23,26H,15-16H2,1-5H3,(H,27,28)/t23-/m1/s1. The maximum atomic E-state index is 12.5. The maximum Gasteiger partial charge on any atom is 0.238 e. The summed E-state index contributed by atoms with van der Waals surface area (Å²) in [6, 6.07) is 18.4. The minimum Gasteiger partial charge on any atom is -0.324 e. The van der Waals surface area contributed by atoms with Gasteiger partial charge in [-0.1, -0.05) is 71.0 Å². The van der Waals surface area contributed by atoms with Crippen LogP contribution in [0, 0.1) is 17.2 Å². The molecule has 0 fully saturated rings. The van der Waals surface area contributed by atoms with Gasteiger partial charge in [-0.2, -0.15) is 5.26 Å². The average Bonchev–Trinajstić information content (AvgIpc) is 2.67. The lowest BCUT2D eigenvalue weighted by molar-refractivity contribution is -0.115. The topological polar surface area (TPSA) is 64.9 Å². The molecular formula is C24H31N3OS. The highest BCUT2D eigenvalue weighted by molar-refractivity contribution is 7.99. The number of nitriles is 1. The number of para-hydroxylation sites is 1. The molecule has 154 valence electrons. The number of rotatable bonds is 8. The van der Waals surface area contributed by atoms with E-state index in [0.29, 0.717) is 11.7 Å². The van der Waals surface area contributed by atoms with E-state index in [1.165, 1.54) is 22.9 Å². The fourth-order valence-electron chi connectivity index (χ4n) is 3.13. The van der Waals surface area contributed by atoms with Crippen LogP contribution < -0.4 is 10.6 Å². The van der Waals surface area contributed by atoms with Crippen LogP contribution in [0.2, 0.25) is 0 Å². The Hall–Kier alpha value is -2.29. The van der Waals surface area contributed by atoms with Gasteiger partial charge in [0, 0.05) is 10.9 Å². The summed E-state index contributed by atoms with van der Waals surface area (Å²) in [4.78, 5) is 13.4. The second-order valence-corrected chi connectivity index (χ2v) is 9.48. The molecule has 0 heterocycles. The molecule has 0 unspecified atom stereocenters. The van der Waals surface area contributed by atoms with E-state index < -0.39 is 0 Å². The minimum atomic E-state index is -0.0908. The van der Waals surface area contributed by atoms with E-state index in [9.17, 15) is 4.79 Å². The first-order valence-electron chi connectivity index (χ1n) is 9.95. The van der Waals surface area contributed by atoms with Crippen molar-refractivity contribution in [1.29, 1.82) is 5.26 Å². The van der Waals surface area contributed by atoms with Gasteiger partial charge >= 0.3 is 0 Å². The Bertz CT molecular complexity index is 848. The van der Waals surface area contributed by atoms with Crippen molar-refractivity contribution in [1.82, 2.24) is 5.32 Å². The van der Waals surface area contributed by atoms with Crippen LogP contribution in [0.1, 0.15) is 51.8 Å². The second kappa shape index (κ2) is 10.5. The van der Waals surface area contributed by atoms with E-state index in [1.54, 1.807) is 0 Å². The van der Waals surface area contributed by atoms with Gasteiger partial charge in [-0.15, -0.1) is 11.8 Å². The highest BCUT2D eigenvalue weighted by Gasteiger charge is 2.19. The lowest BCUT2D eigenvalue weighted by Gasteiger charge is -2.25. The quantitative estimate of drug-likeness (QED) is 0.563. The van der Waals surface area contributed by atoms with Crippen LogP contribution in [0.4, 0.5) is 5.69 Å². The van der Waals surface area contributed by atoms with E-state index in [2.05, 4.69) is 75.6 Å². The zero-order valence-corrected chi connectivity index (χ0v) is 18.8. The monoisotopic (exact) mass is 409 g/mol. The van der Waals surface area contributed by atoms with E-state index >= 15 is 0 Å². The van der Waals surface area contributed by atoms with Gasteiger partial charge in [0.15, 0.2) is 0 Å². The van der Waals surface area contributed by atoms with Gasteiger partial charge < -0.3 is 10.6 Å². The first-order chi connectivity index (χ1) is 13.7. The van der Waals surface area contributed by atoms with Crippen LogP contribution >= 0.6 is 11.8 Å². The van der Waals surface area contributed by atoms with E-state index in [4.69, 9.17) is 5.26 Å². The van der Waals surface area contributed by atoms with Gasteiger partial charge in [0.1, 0.15) is 0 Å². The average molecular weight is 410 g/mol. The third-order valence-electron chi connectivity index (χ3n) is 4.74. The number of nitrogens with one attached hydrogen (secondary N) is 2. The molecular weight excluding hydrogens is 378 g/mol. The van der Waals surface area contributed by atoms with Crippen molar-refractivity contribution >= 4 is 23.4 Å². The molecule has 4 nitrogen and oxygen atoms in total. The van der Waals surface area contributed by atoms with E-state index in [0.717, 1.165) is 10.6 Å². The number of anilines is 1. The maximum absolute atomic E-state index is 12.5. The number of amides is 1. The number of carbonyl (C=O) groups excluding carboxylic acids is 1. The number of thioether (sulfide) groups is 1. The molecule has 2 rings (SSSR count). The van der Waals surface area contributed by atoms with Crippen LogP contribution in [-0.4, -0.2) is 18.2 Å². The summed E-state index contributed by atoms with van der Waals surface area (Å²) in [7, 11) is 0.